The molecule has 0 radical (unpaired) electrons. The van der Waals surface area contributed by atoms with Crippen molar-refractivity contribution < 1.29 is 14.3 Å². The van der Waals surface area contributed by atoms with Gasteiger partial charge in [-0.1, -0.05) is 6.92 Å². The summed E-state index contributed by atoms with van der Waals surface area (Å²) in [7, 11) is 0. The maximum atomic E-state index is 12.4. The number of carbonyl (C=O) groups excluding carboxylic acids is 2. The van der Waals surface area contributed by atoms with E-state index in [9.17, 15) is 9.59 Å². The number of hydrogen-bond acceptors (Lipinski definition) is 5. The summed E-state index contributed by atoms with van der Waals surface area (Å²) in [6.45, 7) is 4.79. The van der Waals surface area contributed by atoms with Crippen LogP contribution < -0.4 is 5.32 Å². The Morgan fingerprint density at radius 3 is 2.92 bits per heavy atom. The topological polar surface area (TPSA) is 84.4 Å². The Hall–Kier alpha value is -2.02. The minimum atomic E-state index is -0.147. The van der Waals surface area contributed by atoms with Crippen molar-refractivity contribution in [1.82, 2.24) is 20.4 Å². The highest BCUT2D eigenvalue weighted by molar-refractivity contribution is 5.93. The van der Waals surface area contributed by atoms with E-state index in [2.05, 4.69) is 22.4 Å². The largest absolute Gasteiger partial charge is 0.376 e. The van der Waals surface area contributed by atoms with Crippen LogP contribution in [0.3, 0.4) is 0 Å². The molecule has 1 aromatic heterocycles. The molecule has 0 unspecified atom stereocenters. The number of likely N-dealkylation sites (tertiary alicyclic amines) is 1. The Bertz CT molecular complexity index is 638. The average molecular weight is 330 g/mol. The molecule has 0 spiro atoms. The molecule has 0 aromatic carbocycles. The number of aromatic nitrogens is 2. The molecule has 0 bridgehead atoms. The SMILES string of the molecule is C[C@H]1C[C@H]1C(=O)N1C[C@@H]2[C@H](CNC(=O)c3ccnnc3)CO[C@@H]2C1. The highest BCUT2D eigenvalue weighted by atomic mass is 16.5. The second kappa shape index (κ2) is 6.12. The molecular formula is C17H22N4O3. The third-order valence-corrected chi connectivity index (χ3v) is 5.55. The molecule has 7 heteroatoms. The van der Waals surface area contributed by atoms with Gasteiger partial charge in [-0.05, 0) is 18.4 Å². The third-order valence-electron chi connectivity index (χ3n) is 5.55. The van der Waals surface area contributed by atoms with Crippen LogP contribution in [0.25, 0.3) is 0 Å². The molecule has 128 valence electrons. The summed E-state index contributed by atoms with van der Waals surface area (Å²) in [5, 5.41) is 10.3. The summed E-state index contributed by atoms with van der Waals surface area (Å²) < 4.78 is 5.87. The van der Waals surface area contributed by atoms with Gasteiger partial charge < -0.3 is 15.0 Å². The third kappa shape index (κ3) is 2.88. The number of ether oxygens (including phenoxy) is 1. The molecule has 3 aliphatic rings. The number of rotatable bonds is 4. The van der Waals surface area contributed by atoms with Gasteiger partial charge >= 0.3 is 0 Å². The zero-order chi connectivity index (χ0) is 16.7. The molecule has 1 aliphatic carbocycles. The molecule has 2 amide bonds. The second-order valence-electron chi connectivity index (χ2n) is 7.20. The van der Waals surface area contributed by atoms with Gasteiger partial charge in [0.2, 0.25) is 5.91 Å². The Kier molecular flexibility index (Phi) is 3.96. The van der Waals surface area contributed by atoms with E-state index in [0.717, 1.165) is 13.0 Å². The van der Waals surface area contributed by atoms with Crippen LogP contribution in [0.4, 0.5) is 0 Å². The van der Waals surface area contributed by atoms with Gasteiger partial charge in [-0.2, -0.15) is 10.2 Å². The highest BCUT2D eigenvalue weighted by Gasteiger charge is 2.49. The predicted molar refractivity (Wildman–Crippen MR) is 84.9 cm³/mol. The van der Waals surface area contributed by atoms with E-state index < -0.39 is 0 Å². The lowest BCUT2D eigenvalue weighted by Crippen LogP contribution is -2.36. The minimum absolute atomic E-state index is 0.118. The van der Waals surface area contributed by atoms with Crippen LogP contribution >= 0.6 is 0 Å². The van der Waals surface area contributed by atoms with Crippen molar-refractivity contribution in [1.29, 1.82) is 0 Å². The first-order valence-corrected chi connectivity index (χ1v) is 8.58. The number of nitrogens with zero attached hydrogens (tertiary/aromatic N) is 3. The molecule has 3 heterocycles. The van der Waals surface area contributed by atoms with E-state index in [1.807, 2.05) is 4.90 Å². The lowest BCUT2D eigenvalue weighted by Gasteiger charge is -2.20. The molecule has 4 rings (SSSR count). The van der Waals surface area contributed by atoms with Gasteiger partial charge in [-0.25, -0.2) is 0 Å². The summed E-state index contributed by atoms with van der Waals surface area (Å²) in [6.07, 6.45) is 4.09. The first kappa shape index (κ1) is 15.5. The molecule has 1 N–H and O–H groups in total. The summed E-state index contributed by atoms with van der Waals surface area (Å²) in [6, 6.07) is 1.64. The number of nitrogens with one attached hydrogen (secondary N) is 1. The van der Waals surface area contributed by atoms with Crippen LogP contribution in [0.15, 0.2) is 18.5 Å². The van der Waals surface area contributed by atoms with Crippen molar-refractivity contribution in [3.8, 4) is 0 Å². The van der Waals surface area contributed by atoms with E-state index >= 15 is 0 Å². The van der Waals surface area contributed by atoms with Gasteiger partial charge in [0, 0.05) is 37.4 Å². The normalized spacial score (nSPS) is 34.0. The maximum Gasteiger partial charge on any atom is 0.252 e. The van der Waals surface area contributed by atoms with Crippen LogP contribution in [0.2, 0.25) is 0 Å². The van der Waals surface area contributed by atoms with Crippen molar-refractivity contribution in [2.24, 2.45) is 23.7 Å². The fourth-order valence-electron chi connectivity index (χ4n) is 3.84. The van der Waals surface area contributed by atoms with E-state index in [1.165, 1.54) is 12.4 Å². The Balaban J connectivity index is 1.31. The van der Waals surface area contributed by atoms with Gasteiger partial charge in [0.1, 0.15) is 0 Å². The van der Waals surface area contributed by atoms with E-state index in [-0.39, 0.29) is 29.8 Å². The average Bonchev–Trinajstić information content (AvgIpc) is 3.02. The first-order valence-electron chi connectivity index (χ1n) is 8.58. The fraction of sp³-hybridized carbons (Fsp3) is 0.647. The van der Waals surface area contributed by atoms with Crippen LogP contribution in [0, 0.1) is 23.7 Å². The van der Waals surface area contributed by atoms with Crippen LogP contribution in [-0.2, 0) is 9.53 Å². The van der Waals surface area contributed by atoms with Crippen molar-refractivity contribution in [2.45, 2.75) is 19.4 Å². The monoisotopic (exact) mass is 330 g/mol. The Morgan fingerprint density at radius 1 is 1.38 bits per heavy atom. The quantitative estimate of drug-likeness (QED) is 0.860. The van der Waals surface area contributed by atoms with Gasteiger partial charge in [0.05, 0.1) is 30.7 Å². The van der Waals surface area contributed by atoms with Crippen LogP contribution in [0.5, 0.6) is 0 Å². The number of amides is 2. The van der Waals surface area contributed by atoms with Gasteiger partial charge in [-0.3, -0.25) is 9.59 Å². The molecule has 1 aromatic rings. The van der Waals surface area contributed by atoms with Gasteiger partial charge in [0.15, 0.2) is 0 Å². The van der Waals surface area contributed by atoms with Crippen molar-refractivity contribution in [2.75, 3.05) is 26.2 Å². The Morgan fingerprint density at radius 2 is 2.21 bits per heavy atom. The van der Waals surface area contributed by atoms with Gasteiger partial charge in [-0.15, -0.1) is 0 Å². The molecular weight excluding hydrogens is 308 g/mol. The van der Waals surface area contributed by atoms with E-state index in [4.69, 9.17) is 4.74 Å². The smallest absolute Gasteiger partial charge is 0.252 e. The zero-order valence-electron chi connectivity index (χ0n) is 13.7. The van der Waals surface area contributed by atoms with Crippen LogP contribution in [-0.4, -0.2) is 59.3 Å². The molecule has 1 saturated carbocycles. The standard InChI is InChI=1S/C17H22N4O3/c1-10-4-13(10)17(23)21-7-14-12(9-24-15(14)8-21)5-18-16(22)11-2-3-19-20-6-11/h2-3,6,10,12-15H,4-5,7-9H2,1H3,(H,18,22)/t10-,12+,13+,14+,15+/m0/s1. The molecule has 2 aliphatic heterocycles. The lowest BCUT2D eigenvalue weighted by molar-refractivity contribution is -0.132. The minimum Gasteiger partial charge on any atom is -0.376 e. The number of carbonyl (C=O) groups is 2. The molecule has 5 atom stereocenters. The molecule has 3 fully saturated rings. The summed E-state index contributed by atoms with van der Waals surface area (Å²) in [5.74, 6) is 1.46. The molecule has 24 heavy (non-hydrogen) atoms. The van der Waals surface area contributed by atoms with E-state index in [1.54, 1.807) is 6.07 Å². The predicted octanol–water partition coefficient (Wildman–Crippen LogP) is 0.336. The lowest BCUT2D eigenvalue weighted by atomic mass is 9.93. The van der Waals surface area contributed by atoms with Crippen LogP contribution in [0.1, 0.15) is 23.7 Å². The summed E-state index contributed by atoms with van der Waals surface area (Å²) in [5.41, 5.74) is 0.506. The zero-order valence-corrected chi connectivity index (χ0v) is 13.7. The Labute approximate surface area is 140 Å². The second-order valence-corrected chi connectivity index (χ2v) is 7.20. The summed E-state index contributed by atoms with van der Waals surface area (Å²) in [4.78, 5) is 26.5. The fourth-order valence-corrected chi connectivity index (χ4v) is 3.84. The van der Waals surface area contributed by atoms with Gasteiger partial charge in [0.25, 0.3) is 5.91 Å². The van der Waals surface area contributed by atoms with E-state index in [0.29, 0.717) is 37.1 Å². The number of fused-ring (bicyclic) bond motifs is 1. The maximum absolute atomic E-state index is 12.4. The molecule has 7 nitrogen and oxygen atoms in total. The number of hydrogen-bond donors (Lipinski definition) is 1. The van der Waals surface area contributed by atoms with Crippen molar-refractivity contribution in [3.05, 3.63) is 24.0 Å². The van der Waals surface area contributed by atoms with Crippen molar-refractivity contribution >= 4 is 11.8 Å². The molecule has 2 saturated heterocycles. The van der Waals surface area contributed by atoms with Crippen molar-refractivity contribution in [3.63, 3.8) is 0 Å². The summed E-state index contributed by atoms with van der Waals surface area (Å²) >= 11 is 0. The first-order chi connectivity index (χ1) is 11.6. The highest BCUT2D eigenvalue weighted by Crippen LogP contribution is 2.41.